The van der Waals surface area contributed by atoms with Crippen LogP contribution >= 0.6 is 23.8 Å². The van der Waals surface area contributed by atoms with Gasteiger partial charge in [0.2, 0.25) is 0 Å². The van der Waals surface area contributed by atoms with Crippen molar-refractivity contribution < 1.29 is 4.42 Å². The lowest BCUT2D eigenvalue weighted by molar-refractivity contribution is 0.422. The Kier molecular flexibility index (Phi) is 7.66. The molecule has 0 spiro atoms. The van der Waals surface area contributed by atoms with Crippen LogP contribution in [0.1, 0.15) is 12.2 Å². The van der Waals surface area contributed by atoms with E-state index in [1.165, 1.54) is 0 Å². The zero-order valence-corrected chi connectivity index (χ0v) is 15.8. The summed E-state index contributed by atoms with van der Waals surface area (Å²) in [5, 5.41) is 8.54. The molecule has 0 bridgehead atoms. The van der Waals surface area contributed by atoms with Gasteiger partial charge in [-0.3, -0.25) is 5.43 Å². The molecule has 25 heavy (non-hydrogen) atoms. The van der Waals surface area contributed by atoms with Crippen molar-refractivity contribution in [3.63, 3.8) is 0 Å². The number of hydrogen-bond donors (Lipinski definition) is 2. The van der Waals surface area contributed by atoms with Gasteiger partial charge in [0.05, 0.1) is 12.0 Å². The van der Waals surface area contributed by atoms with E-state index in [9.17, 15) is 0 Å². The lowest BCUT2D eigenvalue weighted by Crippen LogP contribution is -2.25. The Hall–Kier alpha value is -2.15. The first-order valence-electron chi connectivity index (χ1n) is 7.78. The lowest BCUT2D eigenvalue weighted by atomic mass is 10.2. The van der Waals surface area contributed by atoms with Crippen molar-refractivity contribution in [2.24, 2.45) is 5.10 Å². The molecule has 0 saturated carbocycles. The smallest absolute Gasteiger partial charge is 0.191 e. The van der Waals surface area contributed by atoms with Gasteiger partial charge in [0.1, 0.15) is 5.76 Å². The summed E-state index contributed by atoms with van der Waals surface area (Å²) in [6.07, 6.45) is 6.21. The minimum atomic E-state index is 0.413. The molecule has 0 fully saturated rings. The predicted molar refractivity (Wildman–Crippen MR) is 109 cm³/mol. The molecule has 1 aromatic heterocycles. The van der Waals surface area contributed by atoms with Crippen molar-refractivity contribution in [3.05, 3.63) is 59.5 Å². The first-order valence-corrected chi connectivity index (χ1v) is 8.57. The molecule has 0 amide bonds. The van der Waals surface area contributed by atoms with Crippen molar-refractivity contribution in [1.29, 1.82) is 0 Å². The van der Waals surface area contributed by atoms with Crippen molar-refractivity contribution in [2.75, 3.05) is 26.0 Å². The van der Waals surface area contributed by atoms with Crippen LogP contribution in [0.15, 0.2) is 58.3 Å². The highest BCUT2D eigenvalue weighted by Gasteiger charge is 2.01. The summed E-state index contributed by atoms with van der Waals surface area (Å²) < 4.78 is 5.30. The average Bonchev–Trinajstić information content (AvgIpc) is 3.09. The number of hydrazone groups is 1. The highest BCUT2D eigenvalue weighted by molar-refractivity contribution is 7.80. The third kappa shape index (κ3) is 7.51. The van der Waals surface area contributed by atoms with E-state index < -0.39 is 0 Å². The number of halogens is 1. The van der Waals surface area contributed by atoms with Gasteiger partial charge in [0, 0.05) is 23.7 Å². The fourth-order valence-electron chi connectivity index (χ4n) is 1.89. The zero-order chi connectivity index (χ0) is 18.1. The molecule has 0 unspecified atom stereocenters. The molecule has 2 aromatic rings. The van der Waals surface area contributed by atoms with Crippen LogP contribution in [0.25, 0.3) is 6.08 Å². The van der Waals surface area contributed by atoms with Gasteiger partial charge in [-0.1, -0.05) is 11.6 Å². The third-order valence-corrected chi connectivity index (χ3v) is 3.65. The number of thiocarbonyl (C=S) groups is 1. The molecule has 0 aliphatic heterocycles. The number of furan rings is 1. The van der Waals surface area contributed by atoms with E-state index in [-0.39, 0.29) is 0 Å². The summed E-state index contributed by atoms with van der Waals surface area (Å²) >= 11 is 11.1. The molecule has 0 aliphatic carbocycles. The summed E-state index contributed by atoms with van der Waals surface area (Å²) in [5.74, 6) is 0.777. The van der Waals surface area contributed by atoms with Crippen LogP contribution in [0.5, 0.6) is 0 Å². The second-order valence-electron chi connectivity index (χ2n) is 5.58. The number of anilines is 1. The minimum Gasteiger partial charge on any atom is -0.465 e. The highest BCUT2D eigenvalue weighted by atomic mass is 35.5. The molecule has 1 heterocycles. The number of hydrogen-bond acceptors (Lipinski definition) is 4. The van der Waals surface area contributed by atoms with Crippen molar-refractivity contribution in [1.82, 2.24) is 10.3 Å². The predicted octanol–water partition coefficient (Wildman–Crippen LogP) is 4.24. The molecule has 132 valence electrons. The topological polar surface area (TPSA) is 52.8 Å². The summed E-state index contributed by atoms with van der Waals surface area (Å²) in [6.45, 7) is 0.875. The van der Waals surface area contributed by atoms with Gasteiger partial charge in [-0.25, -0.2) is 0 Å². The standard InChI is InChI=1S/C18H21ClN4OS/c1-23(2)12-11-16(9-10-17-4-3-13-24-17)21-22-18(25)20-15-7-5-14(19)6-8-15/h3-10,13H,11-12H2,1-2H3,(H2,20,22,25)/b10-9+,21-16-. The first-order chi connectivity index (χ1) is 12.0. The number of benzene rings is 1. The van der Waals surface area contributed by atoms with Gasteiger partial charge in [0.25, 0.3) is 0 Å². The maximum Gasteiger partial charge on any atom is 0.191 e. The second-order valence-corrected chi connectivity index (χ2v) is 6.42. The van der Waals surface area contributed by atoms with Gasteiger partial charge in [-0.05, 0) is 74.9 Å². The van der Waals surface area contributed by atoms with Crippen LogP contribution in [-0.2, 0) is 0 Å². The summed E-state index contributed by atoms with van der Waals surface area (Å²) in [7, 11) is 4.04. The number of nitrogens with zero attached hydrogens (tertiary/aromatic N) is 2. The van der Waals surface area contributed by atoms with Gasteiger partial charge >= 0.3 is 0 Å². The number of allylic oxidation sites excluding steroid dienone is 1. The second kappa shape index (κ2) is 9.98. The Morgan fingerprint density at radius 3 is 2.68 bits per heavy atom. The van der Waals surface area contributed by atoms with E-state index >= 15 is 0 Å². The lowest BCUT2D eigenvalue weighted by Gasteiger charge is -2.11. The Bertz CT molecular complexity index is 724. The Morgan fingerprint density at radius 2 is 2.04 bits per heavy atom. The van der Waals surface area contributed by atoms with Crippen LogP contribution in [0.4, 0.5) is 5.69 Å². The molecule has 0 radical (unpaired) electrons. The van der Waals surface area contributed by atoms with Crippen LogP contribution in [0.3, 0.4) is 0 Å². The molecule has 2 rings (SSSR count). The quantitative estimate of drug-likeness (QED) is 0.430. The number of rotatable bonds is 7. The molecule has 5 nitrogen and oxygen atoms in total. The van der Waals surface area contributed by atoms with Crippen LogP contribution in [-0.4, -0.2) is 36.4 Å². The van der Waals surface area contributed by atoms with E-state index in [4.69, 9.17) is 28.2 Å². The molecule has 0 atom stereocenters. The molecule has 2 N–H and O–H groups in total. The summed E-state index contributed by atoms with van der Waals surface area (Å²) in [6, 6.07) is 11.0. The highest BCUT2D eigenvalue weighted by Crippen LogP contribution is 2.13. The Balaban J connectivity index is 1.97. The van der Waals surface area contributed by atoms with E-state index in [2.05, 4.69) is 20.7 Å². The van der Waals surface area contributed by atoms with Crippen molar-refractivity contribution in [3.8, 4) is 0 Å². The van der Waals surface area contributed by atoms with E-state index in [0.29, 0.717) is 10.1 Å². The molecule has 7 heteroatoms. The van der Waals surface area contributed by atoms with E-state index in [1.807, 2.05) is 50.5 Å². The van der Waals surface area contributed by atoms with E-state index in [0.717, 1.165) is 30.1 Å². The van der Waals surface area contributed by atoms with Gasteiger partial charge in [-0.2, -0.15) is 5.10 Å². The molecular weight excluding hydrogens is 356 g/mol. The Labute approximate surface area is 158 Å². The average molecular weight is 377 g/mol. The maximum absolute atomic E-state index is 5.87. The molecule has 0 saturated heterocycles. The zero-order valence-electron chi connectivity index (χ0n) is 14.2. The van der Waals surface area contributed by atoms with Crippen molar-refractivity contribution >= 4 is 46.4 Å². The normalized spacial score (nSPS) is 11.9. The first kappa shape index (κ1) is 19.2. The monoisotopic (exact) mass is 376 g/mol. The fraction of sp³-hybridized carbons (Fsp3) is 0.222. The molecular formula is C18H21ClN4OS. The van der Waals surface area contributed by atoms with Gasteiger partial charge in [0.15, 0.2) is 5.11 Å². The van der Waals surface area contributed by atoms with Crippen molar-refractivity contribution in [2.45, 2.75) is 6.42 Å². The SMILES string of the molecule is CN(C)CCC(/C=C/c1ccco1)=N\NC(=S)Nc1ccc(Cl)cc1. The summed E-state index contributed by atoms with van der Waals surface area (Å²) in [4.78, 5) is 2.10. The Morgan fingerprint density at radius 1 is 1.28 bits per heavy atom. The van der Waals surface area contributed by atoms with Crippen LogP contribution < -0.4 is 10.7 Å². The maximum atomic E-state index is 5.87. The van der Waals surface area contributed by atoms with Crippen LogP contribution in [0, 0.1) is 0 Å². The van der Waals surface area contributed by atoms with Gasteiger partial charge < -0.3 is 14.6 Å². The number of nitrogens with one attached hydrogen (secondary N) is 2. The summed E-state index contributed by atoms with van der Waals surface area (Å²) in [5.41, 5.74) is 4.59. The van der Waals surface area contributed by atoms with E-state index in [1.54, 1.807) is 18.4 Å². The molecule has 1 aromatic carbocycles. The third-order valence-electron chi connectivity index (χ3n) is 3.20. The van der Waals surface area contributed by atoms with Crippen LogP contribution in [0.2, 0.25) is 5.02 Å². The minimum absolute atomic E-state index is 0.413. The fourth-order valence-corrected chi connectivity index (χ4v) is 2.18. The van der Waals surface area contributed by atoms with Gasteiger partial charge in [-0.15, -0.1) is 0 Å². The molecule has 0 aliphatic rings. The largest absolute Gasteiger partial charge is 0.465 e.